The third-order valence-corrected chi connectivity index (χ3v) is 5.61. The Morgan fingerprint density at radius 2 is 2.20 bits per heavy atom. The van der Waals surface area contributed by atoms with Crippen LogP contribution in [-0.4, -0.2) is 49.7 Å². The fourth-order valence-electron chi connectivity index (χ4n) is 3.38. The van der Waals surface area contributed by atoms with Crippen molar-refractivity contribution in [3.8, 4) is 0 Å². The number of rotatable bonds is 5. The number of carboxylic acids is 1. The van der Waals surface area contributed by atoms with E-state index in [9.17, 15) is 9.59 Å². The maximum Gasteiger partial charge on any atom is 0.325 e. The van der Waals surface area contributed by atoms with Crippen LogP contribution in [0.2, 0.25) is 0 Å². The van der Waals surface area contributed by atoms with E-state index in [4.69, 9.17) is 5.11 Å². The first kappa shape index (κ1) is 17.6. The number of likely N-dealkylation sites (tertiary alicyclic amines) is 1. The number of nitrogens with zero attached hydrogens (tertiary/aromatic N) is 4. The second-order valence-electron chi connectivity index (χ2n) is 6.40. The molecule has 1 unspecified atom stereocenters. The second kappa shape index (κ2) is 7.35. The number of carboxylic acid groups (broad SMARTS) is 1. The van der Waals surface area contributed by atoms with Crippen LogP contribution >= 0.6 is 11.3 Å². The molecule has 134 valence electrons. The Labute approximate surface area is 150 Å². The molecule has 25 heavy (non-hydrogen) atoms. The van der Waals surface area contributed by atoms with Gasteiger partial charge in [0.25, 0.3) is 0 Å². The van der Waals surface area contributed by atoms with Crippen molar-refractivity contribution in [2.45, 2.75) is 45.6 Å². The Hall–Kier alpha value is -2.22. The molecular weight excluding hydrogens is 340 g/mol. The zero-order valence-corrected chi connectivity index (χ0v) is 15.3. The molecule has 2 aromatic heterocycles. The van der Waals surface area contributed by atoms with Gasteiger partial charge < -0.3 is 10.0 Å². The lowest BCUT2D eigenvalue weighted by molar-refractivity contribution is -0.138. The number of piperidine rings is 1. The Kier molecular flexibility index (Phi) is 5.17. The average Bonchev–Trinajstić information content (AvgIpc) is 3.13. The van der Waals surface area contributed by atoms with E-state index in [-0.39, 0.29) is 18.4 Å². The van der Waals surface area contributed by atoms with Crippen LogP contribution in [0.15, 0.2) is 12.3 Å². The van der Waals surface area contributed by atoms with Crippen LogP contribution in [0.25, 0.3) is 0 Å². The van der Waals surface area contributed by atoms with Crippen molar-refractivity contribution >= 4 is 23.2 Å². The van der Waals surface area contributed by atoms with E-state index in [0.29, 0.717) is 13.0 Å². The Bertz CT molecular complexity index is 783. The quantitative estimate of drug-likeness (QED) is 0.879. The molecule has 1 fully saturated rings. The molecule has 3 heterocycles. The highest BCUT2D eigenvalue weighted by molar-refractivity contribution is 7.11. The Morgan fingerprint density at radius 1 is 1.40 bits per heavy atom. The minimum atomic E-state index is -0.912. The fourth-order valence-corrected chi connectivity index (χ4v) is 4.31. The molecule has 1 N–H and O–H groups in total. The lowest BCUT2D eigenvalue weighted by Crippen LogP contribution is -2.40. The van der Waals surface area contributed by atoms with Crippen LogP contribution in [0.1, 0.15) is 40.0 Å². The zero-order chi connectivity index (χ0) is 18.0. The molecule has 8 heteroatoms. The number of carbonyl (C=O) groups is 2. The largest absolute Gasteiger partial charge is 0.480 e. The summed E-state index contributed by atoms with van der Waals surface area (Å²) in [5, 5.41) is 14.1. The van der Waals surface area contributed by atoms with Gasteiger partial charge in [0.1, 0.15) is 6.54 Å². The number of aromatic nitrogens is 3. The normalized spacial score (nSPS) is 17.7. The molecular formula is C17H22N4O3S. The van der Waals surface area contributed by atoms with Crippen LogP contribution in [-0.2, 0) is 22.6 Å². The number of aliphatic carboxylic acids is 1. The number of aryl methyl sites for hydroxylation is 2. The molecule has 0 saturated carbocycles. The predicted molar refractivity (Wildman–Crippen MR) is 93.7 cm³/mol. The second-order valence-corrected chi connectivity index (χ2v) is 7.69. The summed E-state index contributed by atoms with van der Waals surface area (Å²) < 4.78 is 1.53. The molecule has 0 aliphatic carbocycles. The van der Waals surface area contributed by atoms with Gasteiger partial charge >= 0.3 is 5.97 Å². The summed E-state index contributed by atoms with van der Waals surface area (Å²) in [6.45, 7) is 5.11. The zero-order valence-electron chi connectivity index (χ0n) is 14.4. The third kappa shape index (κ3) is 4.07. The smallest absolute Gasteiger partial charge is 0.325 e. The van der Waals surface area contributed by atoms with Crippen molar-refractivity contribution in [2.75, 3.05) is 13.1 Å². The van der Waals surface area contributed by atoms with Gasteiger partial charge in [-0.25, -0.2) is 4.98 Å². The molecule has 0 bridgehead atoms. The van der Waals surface area contributed by atoms with E-state index in [0.717, 1.165) is 40.7 Å². The maximum atomic E-state index is 12.7. The van der Waals surface area contributed by atoms with Crippen LogP contribution in [0, 0.1) is 13.8 Å². The summed E-state index contributed by atoms with van der Waals surface area (Å²) in [6.07, 6.45) is 3.87. The topological polar surface area (TPSA) is 88.3 Å². The van der Waals surface area contributed by atoms with Crippen LogP contribution < -0.4 is 0 Å². The highest BCUT2D eigenvalue weighted by Crippen LogP contribution is 2.28. The predicted octanol–water partition coefficient (Wildman–Crippen LogP) is 1.99. The van der Waals surface area contributed by atoms with E-state index in [2.05, 4.69) is 10.1 Å². The maximum absolute atomic E-state index is 12.7. The third-order valence-electron chi connectivity index (χ3n) is 4.54. The summed E-state index contributed by atoms with van der Waals surface area (Å²) in [6, 6.07) is 1.86. The molecule has 1 aliphatic rings. The van der Waals surface area contributed by atoms with E-state index < -0.39 is 5.97 Å². The number of hydrogen-bond donors (Lipinski definition) is 1. The number of hydrogen-bond acceptors (Lipinski definition) is 5. The molecule has 1 saturated heterocycles. The standard InChI is InChI=1S/C17H22N4O3S/c1-11-15(25-12(2)19-11)8-16(22)20-7-3-4-13(9-20)14-5-6-18-21(14)10-17(23)24/h5-6,13H,3-4,7-10H2,1-2H3,(H,23,24). The van der Waals surface area contributed by atoms with Gasteiger partial charge in [-0.15, -0.1) is 11.3 Å². The van der Waals surface area contributed by atoms with Crippen molar-refractivity contribution in [2.24, 2.45) is 0 Å². The molecule has 0 radical (unpaired) electrons. The molecule has 1 atom stereocenters. The van der Waals surface area contributed by atoms with Gasteiger partial charge in [-0.1, -0.05) is 0 Å². The molecule has 2 aromatic rings. The van der Waals surface area contributed by atoms with Crippen LogP contribution in [0.5, 0.6) is 0 Å². The van der Waals surface area contributed by atoms with Crippen LogP contribution in [0.3, 0.4) is 0 Å². The van der Waals surface area contributed by atoms with Crippen molar-refractivity contribution in [3.63, 3.8) is 0 Å². The van der Waals surface area contributed by atoms with E-state index >= 15 is 0 Å². The monoisotopic (exact) mass is 362 g/mol. The Balaban J connectivity index is 1.69. The summed E-state index contributed by atoms with van der Waals surface area (Å²) in [7, 11) is 0. The molecule has 0 aromatic carbocycles. The summed E-state index contributed by atoms with van der Waals surface area (Å²) in [5.41, 5.74) is 1.83. The lowest BCUT2D eigenvalue weighted by Gasteiger charge is -2.33. The molecule has 7 nitrogen and oxygen atoms in total. The highest BCUT2D eigenvalue weighted by atomic mass is 32.1. The minimum absolute atomic E-state index is 0.112. The van der Waals surface area contributed by atoms with Crippen molar-refractivity contribution in [3.05, 3.63) is 33.5 Å². The molecule has 1 amide bonds. The SMILES string of the molecule is Cc1nc(C)c(CC(=O)N2CCCC(c3ccnn3CC(=O)O)C2)s1. The van der Waals surface area contributed by atoms with Gasteiger partial charge in [0.05, 0.1) is 17.1 Å². The summed E-state index contributed by atoms with van der Waals surface area (Å²) >= 11 is 1.58. The van der Waals surface area contributed by atoms with Gasteiger partial charge in [-0.3, -0.25) is 14.3 Å². The van der Waals surface area contributed by atoms with Gasteiger partial charge in [0, 0.05) is 35.8 Å². The van der Waals surface area contributed by atoms with Crippen molar-refractivity contribution < 1.29 is 14.7 Å². The first-order valence-corrected chi connectivity index (χ1v) is 9.20. The van der Waals surface area contributed by atoms with E-state index in [1.807, 2.05) is 24.8 Å². The molecule has 1 aliphatic heterocycles. The first-order valence-electron chi connectivity index (χ1n) is 8.38. The summed E-state index contributed by atoms with van der Waals surface area (Å²) in [5.74, 6) is -0.672. The summed E-state index contributed by atoms with van der Waals surface area (Å²) in [4.78, 5) is 31.0. The van der Waals surface area contributed by atoms with Gasteiger partial charge in [-0.2, -0.15) is 5.10 Å². The number of carbonyl (C=O) groups excluding carboxylic acids is 1. The van der Waals surface area contributed by atoms with Gasteiger partial charge in [0.2, 0.25) is 5.91 Å². The van der Waals surface area contributed by atoms with Gasteiger partial charge in [-0.05, 0) is 32.8 Å². The van der Waals surface area contributed by atoms with Crippen molar-refractivity contribution in [1.82, 2.24) is 19.7 Å². The molecule has 3 rings (SSSR count). The lowest BCUT2D eigenvalue weighted by atomic mass is 9.94. The first-order chi connectivity index (χ1) is 11.9. The molecule has 0 spiro atoms. The minimum Gasteiger partial charge on any atom is -0.480 e. The number of amides is 1. The van der Waals surface area contributed by atoms with E-state index in [1.54, 1.807) is 17.5 Å². The fraction of sp³-hybridized carbons (Fsp3) is 0.529. The van der Waals surface area contributed by atoms with Gasteiger partial charge in [0.15, 0.2) is 0 Å². The van der Waals surface area contributed by atoms with Crippen LogP contribution in [0.4, 0.5) is 0 Å². The highest BCUT2D eigenvalue weighted by Gasteiger charge is 2.27. The van der Waals surface area contributed by atoms with Crippen molar-refractivity contribution in [1.29, 1.82) is 0 Å². The van der Waals surface area contributed by atoms with E-state index in [1.165, 1.54) is 4.68 Å². The Morgan fingerprint density at radius 3 is 2.88 bits per heavy atom. The number of thiazole rings is 1. The average molecular weight is 362 g/mol.